The van der Waals surface area contributed by atoms with Gasteiger partial charge in [-0.1, -0.05) is 36.4 Å². The largest absolute Gasteiger partial charge is 0.493 e. The Hall–Kier alpha value is -1.80. The van der Waals surface area contributed by atoms with Crippen molar-refractivity contribution in [1.82, 2.24) is 5.32 Å². The van der Waals surface area contributed by atoms with Crippen molar-refractivity contribution in [3.63, 3.8) is 0 Å². The molecule has 0 saturated heterocycles. The third-order valence-electron chi connectivity index (χ3n) is 4.10. The highest BCUT2D eigenvalue weighted by Gasteiger charge is 2.24. The summed E-state index contributed by atoms with van der Waals surface area (Å²) in [5, 5.41) is 3.41. The maximum absolute atomic E-state index is 5.79. The molecule has 0 amide bonds. The molecule has 2 aromatic carbocycles. The van der Waals surface area contributed by atoms with Crippen molar-refractivity contribution in [2.45, 2.75) is 25.8 Å². The van der Waals surface area contributed by atoms with Gasteiger partial charge in [-0.15, -0.1) is 0 Å². The van der Waals surface area contributed by atoms with Crippen LogP contribution in [0.15, 0.2) is 42.5 Å². The second kappa shape index (κ2) is 5.68. The van der Waals surface area contributed by atoms with Crippen LogP contribution in [0.25, 0.3) is 11.1 Å². The molecule has 1 N–H and O–H groups in total. The molecule has 2 heteroatoms. The van der Waals surface area contributed by atoms with E-state index in [4.69, 9.17) is 4.74 Å². The minimum absolute atomic E-state index is 0.490. The van der Waals surface area contributed by atoms with Gasteiger partial charge in [0.2, 0.25) is 0 Å². The van der Waals surface area contributed by atoms with Crippen molar-refractivity contribution in [3.05, 3.63) is 53.6 Å². The first kappa shape index (κ1) is 13.2. The van der Waals surface area contributed by atoms with Crippen molar-refractivity contribution in [2.75, 3.05) is 13.7 Å². The van der Waals surface area contributed by atoms with Crippen LogP contribution < -0.4 is 10.1 Å². The fourth-order valence-electron chi connectivity index (χ4n) is 3.18. The fraction of sp³-hybridized carbons (Fsp3) is 0.333. The van der Waals surface area contributed by atoms with Crippen molar-refractivity contribution in [1.29, 1.82) is 0 Å². The van der Waals surface area contributed by atoms with Crippen LogP contribution in [0.4, 0.5) is 0 Å². The average Bonchev–Trinajstić information content (AvgIpc) is 2.91. The zero-order chi connectivity index (χ0) is 13.9. The predicted molar refractivity (Wildman–Crippen MR) is 83.2 cm³/mol. The van der Waals surface area contributed by atoms with Crippen molar-refractivity contribution in [2.24, 2.45) is 0 Å². The Morgan fingerprint density at radius 3 is 2.70 bits per heavy atom. The third-order valence-corrected chi connectivity index (χ3v) is 4.10. The van der Waals surface area contributed by atoms with Gasteiger partial charge in [0.1, 0.15) is 5.75 Å². The SMILES string of the molecule is CCOc1ccccc1-c1cccc2c1CCC2NC. The number of nitrogens with one attached hydrogen (secondary N) is 1. The first-order valence-electron chi connectivity index (χ1n) is 7.36. The second-order valence-electron chi connectivity index (χ2n) is 5.18. The van der Waals surface area contributed by atoms with E-state index in [9.17, 15) is 0 Å². The lowest BCUT2D eigenvalue weighted by Crippen LogP contribution is -2.12. The maximum atomic E-state index is 5.79. The lowest BCUT2D eigenvalue weighted by molar-refractivity contribution is 0.341. The monoisotopic (exact) mass is 267 g/mol. The molecule has 0 bridgehead atoms. The molecule has 20 heavy (non-hydrogen) atoms. The van der Waals surface area contributed by atoms with Crippen LogP contribution in [0.3, 0.4) is 0 Å². The number of para-hydroxylation sites is 1. The van der Waals surface area contributed by atoms with E-state index in [0.717, 1.165) is 12.2 Å². The lowest BCUT2D eigenvalue weighted by Gasteiger charge is -2.15. The predicted octanol–water partition coefficient (Wildman–Crippen LogP) is 3.96. The summed E-state index contributed by atoms with van der Waals surface area (Å²) in [7, 11) is 2.04. The number of benzene rings is 2. The van der Waals surface area contributed by atoms with Crippen LogP contribution in [-0.2, 0) is 6.42 Å². The number of fused-ring (bicyclic) bond motifs is 1. The van der Waals surface area contributed by atoms with E-state index in [2.05, 4.69) is 41.7 Å². The van der Waals surface area contributed by atoms with Gasteiger partial charge in [-0.2, -0.15) is 0 Å². The highest BCUT2D eigenvalue weighted by atomic mass is 16.5. The first-order chi connectivity index (χ1) is 9.85. The number of hydrogen-bond donors (Lipinski definition) is 1. The Bertz CT molecular complexity index is 606. The summed E-state index contributed by atoms with van der Waals surface area (Å²) in [6, 6.07) is 15.5. The van der Waals surface area contributed by atoms with Crippen molar-refractivity contribution < 1.29 is 4.74 Å². The molecule has 0 spiro atoms. The normalized spacial score (nSPS) is 17.0. The van der Waals surface area contributed by atoms with E-state index in [1.807, 2.05) is 20.0 Å². The first-order valence-corrected chi connectivity index (χ1v) is 7.36. The fourth-order valence-corrected chi connectivity index (χ4v) is 3.18. The van der Waals surface area contributed by atoms with Crippen molar-refractivity contribution in [3.8, 4) is 16.9 Å². The highest BCUT2D eigenvalue weighted by molar-refractivity contribution is 5.75. The van der Waals surface area contributed by atoms with Crippen LogP contribution in [0.5, 0.6) is 5.75 Å². The van der Waals surface area contributed by atoms with E-state index in [0.29, 0.717) is 12.6 Å². The van der Waals surface area contributed by atoms with Crippen LogP contribution in [0.2, 0.25) is 0 Å². The molecule has 0 aromatic heterocycles. The molecule has 0 aliphatic heterocycles. The van der Waals surface area contributed by atoms with E-state index in [1.165, 1.54) is 28.7 Å². The summed E-state index contributed by atoms with van der Waals surface area (Å²) < 4.78 is 5.79. The molecule has 0 heterocycles. The maximum Gasteiger partial charge on any atom is 0.127 e. The van der Waals surface area contributed by atoms with Gasteiger partial charge in [0.25, 0.3) is 0 Å². The molecule has 0 radical (unpaired) electrons. The van der Waals surface area contributed by atoms with Gasteiger partial charge in [0.15, 0.2) is 0 Å². The topological polar surface area (TPSA) is 21.3 Å². The van der Waals surface area contributed by atoms with E-state index in [1.54, 1.807) is 0 Å². The molecule has 104 valence electrons. The summed E-state index contributed by atoms with van der Waals surface area (Å²) in [6.45, 7) is 2.73. The number of rotatable bonds is 4. The standard InChI is InChI=1S/C18H21NO/c1-3-20-18-10-5-4-7-16(18)13-8-6-9-15-14(13)11-12-17(15)19-2/h4-10,17,19H,3,11-12H2,1-2H3. The molecule has 0 fully saturated rings. The van der Waals surface area contributed by atoms with Gasteiger partial charge >= 0.3 is 0 Å². The van der Waals surface area contributed by atoms with Crippen molar-refractivity contribution >= 4 is 0 Å². The molecule has 2 nitrogen and oxygen atoms in total. The smallest absolute Gasteiger partial charge is 0.127 e. The minimum Gasteiger partial charge on any atom is -0.493 e. The van der Waals surface area contributed by atoms with E-state index < -0.39 is 0 Å². The number of ether oxygens (including phenoxy) is 1. The Kier molecular flexibility index (Phi) is 3.75. The quantitative estimate of drug-likeness (QED) is 0.905. The molecular formula is C18H21NO. The minimum atomic E-state index is 0.490. The van der Waals surface area contributed by atoms with Crippen LogP contribution >= 0.6 is 0 Å². The van der Waals surface area contributed by atoms with Gasteiger partial charge in [0.05, 0.1) is 6.61 Å². The molecule has 1 aliphatic carbocycles. The molecule has 1 unspecified atom stereocenters. The highest BCUT2D eigenvalue weighted by Crippen LogP contribution is 2.40. The molecule has 1 aliphatic rings. The molecule has 2 aromatic rings. The average molecular weight is 267 g/mol. The molecule has 3 rings (SSSR count). The van der Waals surface area contributed by atoms with Gasteiger partial charge < -0.3 is 10.1 Å². The van der Waals surface area contributed by atoms with E-state index >= 15 is 0 Å². The summed E-state index contributed by atoms with van der Waals surface area (Å²) >= 11 is 0. The Labute approximate surface area is 120 Å². The summed E-state index contributed by atoms with van der Waals surface area (Å²) in [6.07, 6.45) is 2.32. The molecular weight excluding hydrogens is 246 g/mol. The Balaban J connectivity index is 2.10. The molecule has 1 atom stereocenters. The number of hydrogen-bond acceptors (Lipinski definition) is 2. The summed E-state index contributed by atoms with van der Waals surface area (Å²) in [5.74, 6) is 0.983. The van der Waals surface area contributed by atoms with E-state index in [-0.39, 0.29) is 0 Å². The summed E-state index contributed by atoms with van der Waals surface area (Å²) in [4.78, 5) is 0. The van der Waals surface area contributed by atoms with Gasteiger partial charge in [-0.25, -0.2) is 0 Å². The Morgan fingerprint density at radius 2 is 1.90 bits per heavy atom. The zero-order valence-corrected chi connectivity index (χ0v) is 12.1. The van der Waals surface area contributed by atoms with Crippen LogP contribution in [0.1, 0.15) is 30.5 Å². The van der Waals surface area contributed by atoms with Gasteiger partial charge in [-0.3, -0.25) is 0 Å². The Morgan fingerprint density at radius 1 is 1.10 bits per heavy atom. The zero-order valence-electron chi connectivity index (χ0n) is 12.1. The van der Waals surface area contributed by atoms with Gasteiger partial charge in [0, 0.05) is 11.6 Å². The van der Waals surface area contributed by atoms with Crippen LogP contribution in [-0.4, -0.2) is 13.7 Å². The second-order valence-corrected chi connectivity index (χ2v) is 5.18. The van der Waals surface area contributed by atoms with Crippen LogP contribution in [0, 0.1) is 0 Å². The van der Waals surface area contributed by atoms with Gasteiger partial charge in [-0.05, 0) is 49.6 Å². The lowest BCUT2D eigenvalue weighted by atomic mass is 9.96. The third kappa shape index (κ3) is 2.20. The molecule has 0 saturated carbocycles. The summed E-state index contributed by atoms with van der Waals surface area (Å²) in [5.41, 5.74) is 5.45.